The SMILES string of the molecule is CCCNC(COc1cc(F)cc(F)c1)C(=O)O. The number of halogens is 2. The lowest BCUT2D eigenvalue weighted by Gasteiger charge is -2.15. The molecule has 0 saturated heterocycles. The van der Waals surface area contributed by atoms with Crippen LogP contribution in [0.3, 0.4) is 0 Å². The van der Waals surface area contributed by atoms with E-state index in [4.69, 9.17) is 9.84 Å². The third kappa shape index (κ3) is 4.67. The molecule has 0 amide bonds. The highest BCUT2D eigenvalue weighted by atomic mass is 19.1. The van der Waals surface area contributed by atoms with Gasteiger partial charge in [-0.2, -0.15) is 0 Å². The number of carbonyl (C=O) groups is 1. The maximum absolute atomic E-state index is 12.9. The molecule has 1 aromatic carbocycles. The number of hydrogen-bond acceptors (Lipinski definition) is 3. The molecule has 1 rings (SSSR count). The topological polar surface area (TPSA) is 58.6 Å². The van der Waals surface area contributed by atoms with E-state index < -0.39 is 23.6 Å². The maximum Gasteiger partial charge on any atom is 0.324 e. The van der Waals surface area contributed by atoms with Gasteiger partial charge < -0.3 is 15.2 Å². The van der Waals surface area contributed by atoms with E-state index in [1.54, 1.807) is 0 Å². The van der Waals surface area contributed by atoms with E-state index in [1.807, 2.05) is 6.92 Å². The van der Waals surface area contributed by atoms with Crippen LogP contribution in [0.5, 0.6) is 5.75 Å². The van der Waals surface area contributed by atoms with Gasteiger partial charge in [-0.3, -0.25) is 4.79 Å². The fraction of sp³-hybridized carbons (Fsp3) is 0.417. The van der Waals surface area contributed by atoms with Crippen LogP contribution in [0.25, 0.3) is 0 Å². The number of carboxylic acid groups (broad SMARTS) is 1. The smallest absolute Gasteiger partial charge is 0.324 e. The summed E-state index contributed by atoms with van der Waals surface area (Å²) in [5.41, 5.74) is 0. The Balaban J connectivity index is 2.58. The molecule has 2 N–H and O–H groups in total. The van der Waals surface area contributed by atoms with Gasteiger partial charge in [0.1, 0.15) is 30.0 Å². The predicted octanol–water partition coefficient (Wildman–Crippen LogP) is 1.80. The first-order chi connectivity index (χ1) is 8.52. The van der Waals surface area contributed by atoms with E-state index in [-0.39, 0.29) is 12.4 Å². The molecular weight excluding hydrogens is 244 g/mol. The van der Waals surface area contributed by atoms with Crippen LogP contribution in [0.4, 0.5) is 8.78 Å². The number of hydrogen-bond donors (Lipinski definition) is 2. The standard InChI is InChI=1S/C12H15F2NO3/c1-2-3-15-11(12(16)17)7-18-10-5-8(13)4-9(14)6-10/h4-6,11,15H,2-3,7H2,1H3,(H,16,17). The summed E-state index contributed by atoms with van der Waals surface area (Å²) in [5.74, 6) is -2.63. The van der Waals surface area contributed by atoms with Crippen molar-refractivity contribution in [2.75, 3.05) is 13.2 Å². The Bertz CT molecular complexity index is 392. The molecule has 0 aliphatic carbocycles. The predicted molar refractivity (Wildman–Crippen MR) is 61.6 cm³/mol. The van der Waals surface area contributed by atoms with E-state index in [0.29, 0.717) is 6.54 Å². The molecule has 0 aromatic heterocycles. The van der Waals surface area contributed by atoms with E-state index in [1.165, 1.54) is 0 Å². The first-order valence-electron chi connectivity index (χ1n) is 5.58. The second-order valence-electron chi connectivity index (χ2n) is 3.76. The van der Waals surface area contributed by atoms with Gasteiger partial charge in [0, 0.05) is 18.2 Å². The van der Waals surface area contributed by atoms with Gasteiger partial charge in [0.05, 0.1) is 0 Å². The number of rotatable bonds is 7. The first-order valence-corrected chi connectivity index (χ1v) is 5.58. The van der Waals surface area contributed by atoms with Crippen LogP contribution in [0.2, 0.25) is 0 Å². The molecule has 0 aliphatic heterocycles. The second kappa shape index (κ2) is 6.90. The molecule has 1 unspecified atom stereocenters. The van der Waals surface area contributed by atoms with Crippen LogP contribution in [0, 0.1) is 11.6 Å². The Hall–Kier alpha value is -1.69. The number of aliphatic carboxylic acids is 1. The molecule has 18 heavy (non-hydrogen) atoms. The van der Waals surface area contributed by atoms with E-state index in [9.17, 15) is 13.6 Å². The van der Waals surface area contributed by atoms with E-state index in [0.717, 1.165) is 24.6 Å². The zero-order valence-electron chi connectivity index (χ0n) is 9.95. The minimum Gasteiger partial charge on any atom is -0.491 e. The van der Waals surface area contributed by atoms with E-state index in [2.05, 4.69) is 5.32 Å². The van der Waals surface area contributed by atoms with Crippen molar-refractivity contribution in [2.24, 2.45) is 0 Å². The Morgan fingerprint density at radius 3 is 2.50 bits per heavy atom. The lowest BCUT2D eigenvalue weighted by Crippen LogP contribution is -2.41. The van der Waals surface area contributed by atoms with Crippen LogP contribution in [0.1, 0.15) is 13.3 Å². The Labute approximate surface area is 104 Å². The van der Waals surface area contributed by atoms with Crippen LogP contribution < -0.4 is 10.1 Å². The molecule has 4 nitrogen and oxygen atoms in total. The fourth-order valence-corrected chi connectivity index (χ4v) is 1.33. The Kier molecular flexibility index (Phi) is 5.51. The van der Waals surface area contributed by atoms with Gasteiger partial charge in [0.25, 0.3) is 0 Å². The summed E-state index contributed by atoms with van der Waals surface area (Å²) in [5, 5.41) is 11.7. The minimum absolute atomic E-state index is 0.0305. The molecule has 0 saturated carbocycles. The minimum atomic E-state index is -1.07. The molecule has 0 bridgehead atoms. The van der Waals surface area contributed by atoms with Crippen molar-refractivity contribution in [1.82, 2.24) is 5.32 Å². The molecule has 1 aromatic rings. The summed E-state index contributed by atoms with van der Waals surface area (Å²) < 4.78 is 30.8. The molecule has 0 radical (unpaired) electrons. The van der Waals surface area contributed by atoms with Gasteiger partial charge in [0.15, 0.2) is 0 Å². The van der Waals surface area contributed by atoms with Crippen LogP contribution >= 0.6 is 0 Å². The van der Waals surface area contributed by atoms with Crippen LogP contribution in [-0.2, 0) is 4.79 Å². The largest absolute Gasteiger partial charge is 0.491 e. The molecule has 0 fully saturated rings. The van der Waals surface area contributed by atoms with Crippen molar-refractivity contribution in [3.05, 3.63) is 29.8 Å². The Morgan fingerprint density at radius 2 is 2.00 bits per heavy atom. The number of ether oxygens (including phenoxy) is 1. The monoisotopic (exact) mass is 259 g/mol. The van der Waals surface area contributed by atoms with Gasteiger partial charge >= 0.3 is 5.97 Å². The molecule has 0 spiro atoms. The quantitative estimate of drug-likeness (QED) is 0.784. The second-order valence-corrected chi connectivity index (χ2v) is 3.76. The van der Waals surface area contributed by atoms with Crippen LogP contribution in [-0.4, -0.2) is 30.3 Å². The van der Waals surface area contributed by atoms with Gasteiger partial charge in [-0.15, -0.1) is 0 Å². The van der Waals surface area contributed by atoms with E-state index >= 15 is 0 Å². The third-order valence-electron chi connectivity index (χ3n) is 2.19. The molecule has 0 aliphatic rings. The van der Waals surface area contributed by atoms with Crippen molar-refractivity contribution < 1.29 is 23.4 Å². The first kappa shape index (κ1) is 14.4. The van der Waals surface area contributed by atoms with Crippen LogP contribution in [0.15, 0.2) is 18.2 Å². The summed E-state index contributed by atoms with van der Waals surface area (Å²) in [4.78, 5) is 10.9. The average molecular weight is 259 g/mol. The highest BCUT2D eigenvalue weighted by molar-refractivity contribution is 5.73. The third-order valence-corrected chi connectivity index (χ3v) is 2.19. The summed E-state index contributed by atoms with van der Waals surface area (Å²) in [6.07, 6.45) is 0.776. The van der Waals surface area contributed by atoms with Gasteiger partial charge in [-0.25, -0.2) is 8.78 Å². The highest BCUT2D eigenvalue weighted by Gasteiger charge is 2.17. The molecule has 0 heterocycles. The zero-order valence-corrected chi connectivity index (χ0v) is 9.95. The summed E-state index contributed by atoms with van der Waals surface area (Å²) in [6.45, 7) is 2.23. The number of nitrogens with one attached hydrogen (secondary N) is 1. The number of benzene rings is 1. The maximum atomic E-state index is 12.9. The lowest BCUT2D eigenvalue weighted by molar-refractivity contribution is -0.140. The molecule has 1 atom stereocenters. The highest BCUT2D eigenvalue weighted by Crippen LogP contribution is 2.15. The summed E-state index contributed by atoms with van der Waals surface area (Å²) in [7, 11) is 0. The number of carboxylic acids is 1. The van der Waals surface area contributed by atoms with Crippen molar-refractivity contribution in [1.29, 1.82) is 0 Å². The lowest BCUT2D eigenvalue weighted by atomic mass is 10.3. The van der Waals surface area contributed by atoms with Crippen molar-refractivity contribution in [3.63, 3.8) is 0 Å². The summed E-state index contributed by atoms with van der Waals surface area (Å²) >= 11 is 0. The van der Waals surface area contributed by atoms with Gasteiger partial charge in [0.2, 0.25) is 0 Å². The molecular formula is C12H15F2NO3. The van der Waals surface area contributed by atoms with Crippen molar-refractivity contribution in [3.8, 4) is 5.75 Å². The van der Waals surface area contributed by atoms with Gasteiger partial charge in [-0.05, 0) is 13.0 Å². The van der Waals surface area contributed by atoms with Gasteiger partial charge in [-0.1, -0.05) is 6.92 Å². The van der Waals surface area contributed by atoms with Crippen molar-refractivity contribution >= 4 is 5.97 Å². The van der Waals surface area contributed by atoms with Crippen molar-refractivity contribution in [2.45, 2.75) is 19.4 Å². The normalized spacial score (nSPS) is 12.2. The average Bonchev–Trinajstić information content (AvgIpc) is 2.27. The molecule has 100 valence electrons. The fourth-order valence-electron chi connectivity index (χ4n) is 1.33. The zero-order chi connectivity index (χ0) is 13.5. The molecule has 6 heteroatoms. The Morgan fingerprint density at radius 1 is 1.39 bits per heavy atom. The summed E-state index contributed by atoms with van der Waals surface area (Å²) in [6, 6.07) is 1.82.